The molecule has 0 aliphatic carbocycles. The minimum Gasteiger partial charge on any atom is -0.478 e. The molecule has 1 atom stereocenters. The number of hydrogen-bond donors (Lipinski definition) is 3. The van der Waals surface area contributed by atoms with Gasteiger partial charge in [0, 0.05) is 12.2 Å². The van der Waals surface area contributed by atoms with Gasteiger partial charge >= 0.3 is 11.7 Å². The zero-order valence-corrected chi connectivity index (χ0v) is 11.9. The minimum absolute atomic E-state index is 0.0278. The number of carboxylic acid groups (broad SMARTS) is 1. The lowest BCUT2D eigenvalue weighted by atomic mass is 10.2. The molecule has 0 radical (unpaired) electrons. The number of rotatable bonds is 6. The number of amides is 1. The maximum Gasteiger partial charge on any atom is 0.346 e. The monoisotopic (exact) mass is 297 g/mol. The molecule has 0 saturated carbocycles. The molecule has 1 aromatic rings. The molecule has 0 bridgehead atoms. The Balaban J connectivity index is 3.02. The van der Waals surface area contributed by atoms with Gasteiger partial charge in [-0.1, -0.05) is 17.8 Å². The van der Waals surface area contributed by atoms with Crippen molar-refractivity contribution < 1.29 is 14.7 Å². The summed E-state index contributed by atoms with van der Waals surface area (Å²) in [6.07, 6.45) is 1.54. The number of nitrogens with zero attached hydrogens (tertiary/aromatic N) is 1. The summed E-state index contributed by atoms with van der Waals surface area (Å²) in [6.45, 7) is 6.87. The number of thioether (sulfide) groups is 1. The van der Waals surface area contributed by atoms with Crippen molar-refractivity contribution in [1.29, 1.82) is 0 Å². The van der Waals surface area contributed by atoms with Crippen LogP contribution in [0.25, 0.3) is 0 Å². The number of carbonyl (C=O) groups excluding carboxylic acids is 1. The molecule has 7 nitrogen and oxygen atoms in total. The summed E-state index contributed by atoms with van der Waals surface area (Å²) in [5.41, 5.74) is -0.537. The van der Waals surface area contributed by atoms with Gasteiger partial charge in [0.15, 0.2) is 0 Å². The lowest BCUT2D eigenvalue weighted by Crippen LogP contribution is -2.31. The van der Waals surface area contributed by atoms with Gasteiger partial charge in [0.05, 0.1) is 5.25 Å². The Morgan fingerprint density at radius 1 is 1.60 bits per heavy atom. The highest BCUT2D eigenvalue weighted by molar-refractivity contribution is 8.00. The maximum absolute atomic E-state index is 11.7. The first-order valence-corrected chi connectivity index (χ1v) is 6.64. The molecule has 1 unspecified atom stereocenters. The van der Waals surface area contributed by atoms with Crippen molar-refractivity contribution in [1.82, 2.24) is 15.3 Å². The Morgan fingerprint density at radius 3 is 2.80 bits per heavy atom. The number of aromatic nitrogens is 2. The first-order valence-electron chi connectivity index (χ1n) is 5.76. The van der Waals surface area contributed by atoms with Gasteiger partial charge in [-0.15, -0.1) is 6.58 Å². The normalized spacial score (nSPS) is 11.7. The summed E-state index contributed by atoms with van der Waals surface area (Å²) in [5, 5.41) is 11.2. The summed E-state index contributed by atoms with van der Waals surface area (Å²) in [5.74, 6) is -1.49. The fourth-order valence-electron chi connectivity index (χ4n) is 1.43. The lowest BCUT2D eigenvalue weighted by Gasteiger charge is -2.12. The molecule has 3 N–H and O–H groups in total. The van der Waals surface area contributed by atoms with Gasteiger partial charge in [0.1, 0.15) is 10.6 Å². The quantitative estimate of drug-likeness (QED) is 0.402. The van der Waals surface area contributed by atoms with Crippen molar-refractivity contribution in [3.63, 3.8) is 0 Å². The number of aromatic amines is 1. The maximum atomic E-state index is 11.7. The Kier molecular flexibility index (Phi) is 5.51. The first kappa shape index (κ1) is 16.0. The van der Waals surface area contributed by atoms with Crippen LogP contribution in [0, 0.1) is 6.92 Å². The molecule has 0 saturated heterocycles. The van der Waals surface area contributed by atoms with E-state index in [1.54, 1.807) is 6.92 Å². The van der Waals surface area contributed by atoms with Crippen molar-refractivity contribution in [3.05, 3.63) is 34.4 Å². The van der Waals surface area contributed by atoms with Crippen LogP contribution in [0.2, 0.25) is 0 Å². The topological polar surface area (TPSA) is 112 Å². The smallest absolute Gasteiger partial charge is 0.346 e. The predicted molar refractivity (Wildman–Crippen MR) is 75.1 cm³/mol. The summed E-state index contributed by atoms with van der Waals surface area (Å²) < 4.78 is 0. The standard InChI is InChI=1S/C12H15N3O4S/c1-4-5-13-9(16)7(3)20-10-8(11(17)18)6(2)14-12(19)15-10/h4,7H,1,5H2,2-3H3,(H,13,16)(H,17,18)(H,14,15,19). The number of carbonyl (C=O) groups is 2. The highest BCUT2D eigenvalue weighted by atomic mass is 32.2. The van der Waals surface area contributed by atoms with E-state index in [1.807, 2.05) is 0 Å². The molecular formula is C12H15N3O4S. The van der Waals surface area contributed by atoms with Crippen molar-refractivity contribution in [2.75, 3.05) is 6.54 Å². The molecule has 8 heteroatoms. The van der Waals surface area contributed by atoms with E-state index >= 15 is 0 Å². The molecule has 1 heterocycles. The molecule has 108 valence electrons. The number of carboxylic acids is 1. The highest BCUT2D eigenvalue weighted by Gasteiger charge is 2.22. The fourth-order valence-corrected chi connectivity index (χ4v) is 2.45. The third kappa shape index (κ3) is 3.95. The van der Waals surface area contributed by atoms with Gasteiger partial charge in [0.25, 0.3) is 0 Å². The zero-order valence-electron chi connectivity index (χ0n) is 11.1. The molecular weight excluding hydrogens is 282 g/mol. The molecule has 20 heavy (non-hydrogen) atoms. The van der Waals surface area contributed by atoms with E-state index in [0.717, 1.165) is 11.8 Å². The zero-order chi connectivity index (χ0) is 15.3. The molecule has 1 amide bonds. The van der Waals surface area contributed by atoms with E-state index in [1.165, 1.54) is 13.0 Å². The Labute approximate surface area is 119 Å². The van der Waals surface area contributed by atoms with E-state index in [2.05, 4.69) is 21.9 Å². The van der Waals surface area contributed by atoms with Crippen LogP contribution in [-0.4, -0.2) is 38.7 Å². The number of nitrogens with one attached hydrogen (secondary N) is 2. The lowest BCUT2D eigenvalue weighted by molar-refractivity contribution is -0.120. The summed E-state index contributed by atoms with van der Waals surface area (Å²) in [4.78, 5) is 40.2. The van der Waals surface area contributed by atoms with Crippen LogP contribution in [0.5, 0.6) is 0 Å². The number of hydrogen-bond acceptors (Lipinski definition) is 5. The number of H-pyrrole nitrogens is 1. The van der Waals surface area contributed by atoms with Crippen LogP contribution in [0.4, 0.5) is 0 Å². The van der Waals surface area contributed by atoms with Crippen molar-refractivity contribution in [2.45, 2.75) is 24.1 Å². The molecule has 0 aliphatic rings. The van der Waals surface area contributed by atoms with E-state index in [0.29, 0.717) is 6.54 Å². The third-order valence-electron chi connectivity index (χ3n) is 2.38. The van der Waals surface area contributed by atoms with E-state index in [9.17, 15) is 14.4 Å². The van der Waals surface area contributed by atoms with E-state index in [4.69, 9.17) is 5.11 Å². The first-order chi connectivity index (χ1) is 9.36. The molecule has 1 rings (SSSR count). The third-order valence-corrected chi connectivity index (χ3v) is 3.46. The van der Waals surface area contributed by atoms with Crippen molar-refractivity contribution in [3.8, 4) is 0 Å². The van der Waals surface area contributed by atoms with E-state index < -0.39 is 16.9 Å². The fraction of sp³-hybridized carbons (Fsp3) is 0.333. The van der Waals surface area contributed by atoms with Crippen LogP contribution in [0.3, 0.4) is 0 Å². The Morgan fingerprint density at radius 2 is 2.25 bits per heavy atom. The highest BCUT2D eigenvalue weighted by Crippen LogP contribution is 2.25. The van der Waals surface area contributed by atoms with Gasteiger partial charge in [-0.3, -0.25) is 4.79 Å². The van der Waals surface area contributed by atoms with Crippen LogP contribution in [0.1, 0.15) is 23.0 Å². The average molecular weight is 297 g/mol. The van der Waals surface area contributed by atoms with Gasteiger partial charge < -0.3 is 15.4 Å². The minimum atomic E-state index is -1.20. The summed E-state index contributed by atoms with van der Waals surface area (Å²) in [7, 11) is 0. The molecule has 0 aromatic carbocycles. The van der Waals surface area contributed by atoms with Crippen molar-refractivity contribution >= 4 is 23.6 Å². The molecule has 1 aromatic heterocycles. The molecule has 0 aliphatic heterocycles. The number of aromatic carboxylic acids is 1. The van der Waals surface area contributed by atoms with Gasteiger partial charge in [0.2, 0.25) is 5.91 Å². The molecule has 0 fully saturated rings. The second kappa shape index (κ2) is 6.90. The summed E-state index contributed by atoms with van der Waals surface area (Å²) >= 11 is 0.927. The second-order valence-corrected chi connectivity index (χ2v) is 5.28. The van der Waals surface area contributed by atoms with Crippen LogP contribution < -0.4 is 11.0 Å². The Bertz CT molecular complexity index is 597. The van der Waals surface area contributed by atoms with Crippen LogP contribution in [-0.2, 0) is 4.79 Å². The van der Waals surface area contributed by atoms with Crippen LogP contribution >= 0.6 is 11.8 Å². The summed E-state index contributed by atoms with van der Waals surface area (Å²) in [6, 6.07) is 0. The van der Waals surface area contributed by atoms with Crippen molar-refractivity contribution in [2.24, 2.45) is 0 Å². The van der Waals surface area contributed by atoms with E-state index in [-0.39, 0.29) is 22.2 Å². The number of aryl methyl sites for hydroxylation is 1. The van der Waals surface area contributed by atoms with Gasteiger partial charge in [-0.25, -0.2) is 9.59 Å². The van der Waals surface area contributed by atoms with Gasteiger partial charge in [-0.05, 0) is 13.8 Å². The van der Waals surface area contributed by atoms with Crippen LogP contribution in [0.15, 0.2) is 22.5 Å². The molecule has 0 spiro atoms. The average Bonchev–Trinajstić information content (AvgIpc) is 2.34. The second-order valence-electron chi connectivity index (χ2n) is 3.95. The largest absolute Gasteiger partial charge is 0.478 e. The predicted octanol–water partition coefficient (Wildman–Crippen LogP) is 0.559. The Hall–Kier alpha value is -2.09. The SMILES string of the molecule is C=CCNC(=O)C(C)Sc1nc(=O)[nH]c(C)c1C(=O)O. The van der Waals surface area contributed by atoms with Gasteiger partial charge in [-0.2, -0.15) is 4.98 Å².